The van der Waals surface area contributed by atoms with Crippen LogP contribution in [0.5, 0.6) is 5.75 Å². The van der Waals surface area contributed by atoms with E-state index in [2.05, 4.69) is 10.6 Å². The van der Waals surface area contributed by atoms with E-state index in [0.717, 1.165) is 5.56 Å². The fourth-order valence-corrected chi connectivity index (χ4v) is 2.05. The third kappa shape index (κ3) is 4.02. The molecule has 6 heteroatoms. The molecule has 0 aromatic heterocycles. The molecule has 22 heavy (non-hydrogen) atoms. The summed E-state index contributed by atoms with van der Waals surface area (Å²) in [5, 5.41) is 5.59. The second kappa shape index (κ2) is 7.00. The van der Waals surface area contributed by atoms with Crippen LogP contribution in [-0.4, -0.2) is 18.1 Å². The number of carbonyl (C=O) groups is 1. The highest BCUT2D eigenvalue weighted by Gasteiger charge is 2.10. The lowest BCUT2D eigenvalue weighted by Gasteiger charge is -2.13. The lowest BCUT2D eigenvalue weighted by atomic mass is 10.2. The molecule has 0 atom stereocenters. The third-order valence-electron chi connectivity index (χ3n) is 2.94. The summed E-state index contributed by atoms with van der Waals surface area (Å²) in [5.41, 5.74) is 2.00. The predicted molar refractivity (Wildman–Crippen MR) is 87.8 cm³/mol. The number of benzene rings is 2. The average Bonchev–Trinajstić information content (AvgIpc) is 2.48. The fourth-order valence-electron chi connectivity index (χ4n) is 1.85. The molecule has 0 unspecified atom stereocenters. The Hall–Kier alpha value is -2.47. The number of hydrogen-bond donors (Lipinski definition) is 2. The van der Waals surface area contributed by atoms with Crippen LogP contribution in [0.1, 0.15) is 15.9 Å². The molecule has 2 rings (SSSR count). The standard InChI is InChI=1S/C16H15FN2O2S/c1-10-3-8-14(21-2)13(9-10)18-16(22)19-15(20)11-4-6-12(17)7-5-11/h3-9H,1-2H3,(H2,18,19,20,22). The van der Waals surface area contributed by atoms with Gasteiger partial charge in [-0.15, -0.1) is 0 Å². The maximum atomic E-state index is 12.8. The number of halogens is 1. The van der Waals surface area contributed by atoms with Gasteiger partial charge in [-0.05, 0) is 61.1 Å². The van der Waals surface area contributed by atoms with Crippen LogP contribution in [0, 0.1) is 12.7 Å². The summed E-state index contributed by atoms with van der Waals surface area (Å²) >= 11 is 5.12. The van der Waals surface area contributed by atoms with Crippen molar-refractivity contribution in [1.29, 1.82) is 0 Å². The van der Waals surface area contributed by atoms with Crippen molar-refractivity contribution in [3.8, 4) is 5.75 Å². The van der Waals surface area contributed by atoms with Crippen LogP contribution in [0.4, 0.5) is 10.1 Å². The zero-order chi connectivity index (χ0) is 16.1. The highest BCUT2D eigenvalue weighted by Crippen LogP contribution is 2.25. The van der Waals surface area contributed by atoms with Crippen molar-refractivity contribution in [3.05, 3.63) is 59.4 Å². The van der Waals surface area contributed by atoms with Gasteiger partial charge in [-0.2, -0.15) is 0 Å². The molecule has 114 valence electrons. The van der Waals surface area contributed by atoms with Crippen LogP contribution in [0.2, 0.25) is 0 Å². The van der Waals surface area contributed by atoms with Crippen LogP contribution < -0.4 is 15.4 Å². The van der Waals surface area contributed by atoms with E-state index in [-0.39, 0.29) is 5.11 Å². The van der Waals surface area contributed by atoms with E-state index >= 15 is 0 Å². The summed E-state index contributed by atoms with van der Waals surface area (Å²) in [6.45, 7) is 1.94. The number of aryl methyl sites for hydroxylation is 1. The molecule has 0 saturated carbocycles. The molecule has 0 aliphatic heterocycles. The van der Waals surface area contributed by atoms with Gasteiger partial charge in [-0.25, -0.2) is 4.39 Å². The zero-order valence-corrected chi connectivity index (χ0v) is 13.0. The third-order valence-corrected chi connectivity index (χ3v) is 3.14. The lowest BCUT2D eigenvalue weighted by Crippen LogP contribution is -2.34. The Morgan fingerprint density at radius 2 is 1.86 bits per heavy atom. The highest BCUT2D eigenvalue weighted by atomic mass is 32.1. The minimum Gasteiger partial charge on any atom is -0.495 e. The number of amides is 1. The summed E-state index contributed by atoms with van der Waals surface area (Å²) in [7, 11) is 1.55. The summed E-state index contributed by atoms with van der Waals surface area (Å²) < 4.78 is 18.1. The van der Waals surface area contributed by atoms with E-state index in [9.17, 15) is 9.18 Å². The first-order chi connectivity index (χ1) is 10.5. The van der Waals surface area contributed by atoms with Crippen molar-refractivity contribution < 1.29 is 13.9 Å². The first-order valence-corrected chi connectivity index (χ1v) is 6.93. The Bertz CT molecular complexity index is 702. The molecule has 0 heterocycles. The molecule has 2 aromatic rings. The van der Waals surface area contributed by atoms with Crippen LogP contribution >= 0.6 is 12.2 Å². The lowest BCUT2D eigenvalue weighted by molar-refractivity contribution is 0.0977. The maximum absolute atomic E-state index is 12.8. The number of anilines is 1. The smallest absolute Gasteiger partial charge is 0.257 e. The average molecular weight is 318 g/mol. The second-order valence-electron chi connectivity index (χ2n) is 4.62. The van der Waals surface area contributed by atoms with E-state index in [4.69, 9.17) is 17.0 Å². The number of nitrogens with one attached hydrogen (secondary N) is 2. The van der Waals surface area contributed by atoms with Gasteiger partial charge in [-0.1, -0.05) is 6.07 Å². The predicted octanol–water partition coefficient (Wildman–Crippen LogP) is 3.27. The van der Waals surface area contributed by atoms with Gasteiger partial charge < -0.3 is 10.1 Å². The fraction of sp³-hybridized carbons (Fsp3) is 0.125. The number of ether oxygens (including phenoxy) is 1. The van der Waals surface area contributed by atoms with Crippen molar-refractivity contribution in [2.75, 3.05) is 12.4 Å². The highest BCUT2D eigenvalue weighted by molar-refractivity contribution is 7.80. The van der Waals surface area contributed by atoms with E-state index < -0.39 is 11.7 Å². The van der Waals surface area contributed by atoms with Gasteiger partial charge >= 0.3 is 0 Å². The Labute approximate surface area is 133 Å². The molecule has 0 spiro atoms. The maximum Gasteiger partial charge on any atom is 0.257 e. The normalized spacial score (nSPS) is 9.95. The summed E-state index contributed by atoms with van der Waals surface area (Å²) in [6, 6.07) is 10.8. The van der Waals surface area contributed by atoms with Gasteiger partial charge in [0.15, 0.2) is 5.11 Å². The van der Waals surface area contributed by atoms with Crippen molar-refractivity contribution in [2.45, 2.75) is 6.92 Å². The molecule has 2 aromatic carbocycles. The van der Waals surface area contributed by atoms with Gasteiger partial charge in [-0.3, -0.25) is 10.1 Å². The molecular weight excluding hydrogens is 303 g/mol. The second-order valence-corrected chi connectivity index (χ2v) is 5.03. The SMILES string of the molecule is COc1ccc(C)cc1NC(=S)NC(=O)c1ccc(F)cc1. The van der Waals surface area contributed by atoms with Gasteiger partial charge in [0.2, 0.25) is 0 Å². The van der Waals surface area contributed by atoms with Crippen LogP contribution in [0.15, 0.2) is 42.5 Å². The van der Waals surface area contributed by atoms with Crippen LogP contribution in [0.25, 0.3) is 0 Å². The quantitative estimate of drug-likeness (QED) is 0.853. The van der Waals surface area contributed by atoms with Crippen molar-refractivity contribution in [3.63, 3.8) is 0 Å². The van der Waals surface area contributed by atoms with Crippen molar-refractivity contribution in [1.82, 2.24) is 5.32 Å². The molecule has 0 bridgehead atoms. The number of methoxy groups -OCH3 is 1. The van der Waals surface area contributed by atoms with Gasteiger partial charge in [0.25, 0.3) is 5.91 Å². The van der Waals surface area contributed by atoms with Crippen LogP contribution in [0.3, 0.4) is 0 Å². The van der Waals surface area contributed by atoms with E-state index in [1.54, 1.807) is 7.11 Å². The van der Waals surface area contributed by atoms with Crippen LogP contribution in [-0.2, 0) is 0 Å². The molecule has 1 amide bonds. The molecule has 0 saturated heterocycles. The monoisotopic (exact) mass is 318 g/mol. The minimum atomic E-state index is -0.413. The first-order valence-electron chi connectivity index (χ1n) is 6.52. The van der Waals surface area contributed by atoms with Gasteiger partial charge in [0.1, 0.15) is 11.6 Å². The summed E-state index contributed by atoms with van der Waals surface area (Å²) in [5.74, 6) is -0.199. The minimum absolute atomic E-state index is 0.137. The Balaban J connectivity index is 2.05. The summed E-state index contributed by atoms with van der Waals surface area (Å²) in [4.78, 5) is 12.0. The molecular formula is C16H15FN2O2S. The molecule has 0 aliphatic carbocycles. The number of hydrogen-bond acceptors (Lipinski definition) is 3. The molecule has 0 fully saturated rings. The van der Waals surface area contributed by atoms with Crippen molar-refractivity contribution >= 4 is 28.9 Å². The molecule has 0 radical (unpaired) electrons. The van der Waals surface area contributed by atoms with Gasteiger partial charge in [0, 0.05) is 5.56 Å². The Morgan fingerprint density at radius 3 is 2.50 bits per heavy atom. The molecule has 2 N–H and O–H groups in total. The number of thiocarbonyl (C=S) groups is 1. The first kappa shape index (κ1) is 15.9. The van der Waals surface area contributed by atoms with Gasteiger partial charge in [0.05, 0.1) is 12.8 Å². The van der Waals surface area contributed by atoms with Crippen molar-refractivity contribution in [2.24, 2.45) is 0 Å². The van der Waals surface area contributed by atoms with E-state index in [0.29, 0.717) is 17.0 Å². The van der Waals surface area contributed by atoms with E-state index in [1.807, 2.05) is 25.1 Å². The topological polar surface area (TPSA) is 50.4 Å². The van der Waals surface area contributed by atoms with E-state index in [1.165, 1.54) is 24.3 Å². The Kier molecular flexibility index (Phi) is 5.06. The molecule has 0 aliphatic rings. The Morgan fingerprint density at radius 1 is 1.18 bits per heavy atom. The summed E-state index contributed by atoms with van der Waals surface area (Å²) in [6.07, 6.45) is 0. The number of carbonyl (C=O) groups excluding carboxylic acids is 1. The largest absolute Gasteiger partial charge is 0.495 e. The zero-order valence-electron chi connectivity index (χ0n) is 12.1. The molecule has 4 nitrogen and oxygen atoms in total. The number of rotatable bonds is 3.